The van der Waals surface area contributed by atoms with E-state index in [1.807, 2.05) is 35.2 Å². The molecule has 0 aromatic heterocycles. The van der Waals surface area contributed by atoms with Gasteiger partial charge in [0.25, 0.3) is 0 Å². The quantitative estimate of drug-likeness (QED) is 0.368. The summed E-state index contributed by atoms with van der Waals surface area (Å²) in [7, 11) is 0. The fourth-order valence-corrected chi connectivity index (χ4v) is 5.40. The molecule has 172 valence electrons. The summed E-state index contributed by atoms with van der Waals surface area (Å²) < 4.78 is 0. The second-order valence-electron chi connectivity index (χ2n) is 8.76. The van der Waals surface area contributed by atoms with Crippen molar-refractivity contribution in [2.75, 3.05) is 16.0 Å². The van der Waals surface area contributed by atoms with E-state index in [9.17, 15) is 9.59 Å². The molecule has 0 aliphatic carbocycles. The van der Waals surface area contributed by atoms with Crippen LogP contribution in [0, 0.1) is 13.8 Å². The third kappa shape index (κ3) is 6.61. The molecule has 2 amide bonds. The number of nitrogens with zero attached hydrogens (tertiary/aromatic N) is 1. The number of thioether (sulfide) groups is 1. The molecule has 0 saturated carbocycles. The predicted molar refractivity (Wildman–Crippen MR) is 136 cm³/mol. The summed E-state index contributed by atoms with van der Waals surface area (Å²) in [5.41, 5.74) is 5.09. The minimum atomic E-state index is -0.0797. The van der Waals surface area contributed by atoms with E-state index >= 15 is 0 Å². The SMILES string of the molecule is CCCCCCCCCC(=O)Nc1cccc([C@H]2SCC(=O)N2c2ccc(C)cc2C)c1. The summed E-state index contributed by atoms with van der Waals surface area (Å²) >= 11 is 1.64. The lowest BCUT2D eigenvalue weighted by Crippen LogP contribution is -2.28. The van der Waals surface area contributed by atoms with Gasteiger partial charge in [-0.1, -0.05) is 75.3 Å². The van der Waals surface area contributed by atoms with Crippen LogP contribution in [-0.4, -0.2) is 17.6 Å². The second-order valence-corrected chi connectivity index (χ2v) is 9.83. The standard InChI is InChI=1S/C27H36N2O2S/c1-4-5-6-7-8-9-10-14-25(30)28-23-13-11-12-22(18-23)27-29(26(31)19-32-27)24-16-15-20(2)17-21(24)3/h11-13,15-18,27H,4-10,14,19H2,1-3H3,(H,28,30)/t27-/m1/s1. The molecule has 1 N–H and O–H groups in total. The number of carbonyl (C=O) groups excluding carboxylic acids is 2. The zero-order chi connectivity index (χ0) is 22.9. The third-order valence-electron chi connectivity index (χ3n) is 5.94. The summed E-state index contributed by atoms with van der Waals surface area (Å²) in [6.07, 6.45) is 8.96. The summed E-state index contributed by atoms with van der Waals surface area (Å²) in [6.45, 7) is 6.34. The maximum absolute atomic E-state index is 12.7. The number of anilines is 2. The zero-order valence-corrected chi connectivity index (χ0v) is 20.5. The highest BCUT2D eigenvalue weighted by Crippen LogP contribution is 2.43. The Hall–Kier alpha value is -2.27. The molecule has 5 heteroatoms. The molecule has 32 heavy (non-hydrogen) atoms. The molecule has 1 heterocycles. The van der Waals surface area contributed by atoms with Crippen molar-refractivity contribution in [3.63, 3.8) is 0 Å². The lowest BCUT2D eigenvalue weighted by molar-refractivity contribution is -0.117. The molecule has 1 saturated heterocycles. The first-order chi connectivity index (χ1) is 15.5. The van der Waals surface area contributed by atoms with Gasteiger partial charge in [0, 0.05) is 17.8 Å². The molecule has 1 aliphatic rings. The Labute approximate surface area is 197 Å². The Bertz CT molecular complexity index is 928. The van der Waals surface area contributed by atoms with E-state index in [-0.39, 0.29) is 17.2 Å². The van der Waals surface area contributed by atoms with E-state index in [0.717, 1.165) is 35.3 Å². The molecule has 1 atom stereocenters. The monoisotopic (exact) mass is 452 g/mol. The van der Waals surface area contributed by atoms with E-state index in [0.29, 0.717) is 12.2 Å². The third-order valence-corrected chi connectivity index (χ3v) is 7.15. The molecule has 0 bridgehead atoms. The van der Waals surface area contributed by atoms with Gasteiger partial charge in [-0.3, -0.25) is 14.5 Å². The van der Waals surface area contributed by atoms with Crippen molar-refractivity contribution < 1.29 is 9.59 Å². The average molecular weight is 453 g/mol. The molecule has 2 aromatic carbocycles. The summed E-state index contributed by atoms with van der Waals surface area (Å²) in [5, 5.41) is 2.97. The van der Waals surface area contributed by atoms with Gasteiger partial charge in [-0.2, -0.15) is 0 Å². The number of hydrogen-bond donors (Lipinski definition) is 1. The fraction of sp³-hybridized carbons (Fsp3) is 0.481. The van der Waals surface area contributed by atoms with Gasteiger partial charge < -0.3 is 5.32 Å². The molecule has 0 unspecified atom stereocenters. The van der Waals surface area contributed by atoms with Gasteiger partial charge in [0.05, 0.1) is 5.75 Å². The van der Waals surface area contributed by atoms with E-state index in [2.05, 4.69) is 38.2 Å². The van der Waals surface area contributed by atoms with Crippen LogP contribution in [0.4, 0.5) is 11.4 Å². The molecule has 4 nitrogen and oxygen atoms in total. The lowest BCUT2D eigenvalue weighted by Gasteiger charge is -2.26. The van der Waals surface area contributed by atoms with Crippen LogP contribution in [-0.2, 0) is 9.59 Å². The van der Waals surface area contributed by atoms with Crippen molar-refractivity contribution >= 4 is 35.0 Å². The molecule has 1 fully saturated rings. The van der Waals surface area contributed by atoms with Crippen molar-refractivity contribution in [1.82, 2.24) is 0 Å². The average Bonchev–Trinajstić information content (AvgIpc) is 3.14. The highest BCUT2D eigenvalue weighted by Gasteiger charge is 2.34. The van der Waals surface area contributed by atoms with E-state index in [1.54, 1.807) is 11.8 Å². The molecular weight excluding hydrogens is 416 g/mol. The van der Waals surface area contributed by atoms with Gasteiger partial charge >= 0.3 is 0 Å². The lowest BCUT2D eigenvalue weighted by atomic mass is 10.1. The minimum absolute atomic E-state index is 0.0668. The zero-order valence-electron chi connectivity index (χ0n) is 19.7. The maximum Gasteiger partial charge on any atom is 0.238 e. The van der Waals surface area contributed by atoms with E-state index in [4.69, 9.17) is 0 Å². The van der Waals surface area contributed by atoms with Crippen molar-refractivity contribution in [2.45, 2.75) is 77.5 Å². The number of aryl methyl sites for hydroxylation is 2. The number of hydrogen-bond acceptors (Lipinski definition) is 3. The summed E-state index contributed by atoms with van der Waals surface area (Å²) in [4.78, 5) is 27.0. The van der Waals surface area contributed by atoms with Crippen molar-refractivity contribution in [2.24, 2.45) is 0 Å². The van der Waals surface area contributed by atoms with E-state index < -0.39 is 0 Å². The maximum atomic E-state index is 12.7. The number of unbranched alkanes of at least 4 members (excludes halogenated alkanes) is 6. The van der Waals surface area contributed by atoms with Crippen LogP contribution in [0.1, 0.15) is 80.4 Å². The topological polar surface area (TPSA) is 49.4 Å². The number of benzene rings is 2. The van der Waals surface area contributed by atoms with Crippen LogP contribution >= 0.6 is 11.8 Å². The molecule has 0 radical (unpaired) electrons. The van der Waals surface area contributed by atoms with E-state index in [1.165, 1.54) is 37.7 Å². The van der Waals surface area contributed by atoms with Crippen LogP contribution in [0.25, 0.3) is 0 Å². The molecule has 0 spiro atoms. The van der Waals surface area contributed by atoms with Crippen molar-refractivity contribution in [3.8, 4) is 0 Å². The Balaban J connectivity index is 1.60. The Kier molecular flexibility index (Phi) is 9.22. The van der Waals surface area contributed by atoms with Gasteiger partial charge in [-0.25, -0.2) is 0 Å². The van der Waals surface area contributed by atoms with Gasteiger partial charge in [-0.05, 0) is 49.6 Å². The minimum Gasteiger partial charge on any atom is -0.326 e. The number of rotatable bonds is 11. The number of carbonyl (C=O) groups is 2. The van der Waals surface area contributed by atoms with Gasteiger partial charge in [0.1, 0.15) is 5.37 Å². The first-order valence-electron chi connectivity index (χ1n) is 11.9. The summed E-state index contributed by atoms with van der Waals surface area (Å²) in [6, 6.07) is 14.1. The Morgan fingerprint density at radius 1 is 1.03 bits per heavy atom. The van der Waals surface area contributed by atoms with Crippen LogP contribution in [0.5, 0.6) is 0 Å². The highest BCUT2D eigenvalue weighted by molar-refractivity contribution is 8.00. The van der Waals surface area contributed by atoms with Crippen molar-refractivity contribution in [1.29, 1.82) is 0 Å². The van der Waals surface area contributed by atoms with Gasteiger partial charge in [0.2, 0.25) is 11.8 Å². The normalized spacial score (nSPS) is 15.9. The smallest absolute Gasteiger partial charge is 0.238 e. The van der Waals surface area contributed by atoms with Crippen molar-refractivity contribution in [3.05, 3.63) is 59.2 Å². The Morgan fingerprint density at radius 2 is 1.78 bits per heavy atom. The highest BCUT2D eigenvalue weighted by atomic mass is 32.2. The first kappa shape index (κ1) is 24.4. The van der Waals surface area contributed by atoms with Crippen LogP contribution in [0.2, 0.25) is 0 Å². The first-order valence-corrected chi connectivity index (χ1v) is 12.9. The number of nitrogens with one attached hydrogen (secondary N) is 1. The Morgan fingerprint density at radius 3 is 2.53 bits per heavy atom. The molecule has 2 aromatic rings. The second kappa shape index (κ2) is 12.1. The fourth-order valence-electron chi connectivity index (χ4n) is 4.24. The van der Waals surface area contributed by atoms with Gasteiger partial charge in [-0.15, -0.1) is 11.8 Å². The summed E-state index contributed by atoms with van der Waals surface area (Å²) in [5.74, 6) is 0.657. The predicted octanol–water partition coefficient (Wildman–Crippen LogP) is 7.16. The largest absolute Gasteiger partial charge is 0.326 e. The van der Waals surface area contributed by atoms with Gasteiger partial charge in [0.15, 0.2) is 0 Å². The van der Waals surface area contributed by atoms with Crippen LogP contribution in [0.3, 0.4) is 0 Å². The van der Waals surface area contributed by atoms with Crippen LogP contribution in [0.15, 0.2) is 42.5 Å². The molecule has 1 aliphatic heterocycles. The molecular formula is C27H36N2O2S. The molecule has 3 rings (SSSR count). The van der Waals surface area contributed by atoms with Crippen LogP contribution < -0.4 is 10.2 Å². The number of amides is 2.